The predicted octanol–water partition coefficient (Wildman–Crippen LogP) is 3.44. The van der Waals surface area contributed by atoms with Crippen molar-refractivity contribution >= 4 is 17.8 Å². The third-order valence-corrected chi connectivity index (χ3v) is 4.92. The number of amides is 2. The molecule has 1 aliphatic rings. The van der Waals surface area contributed by atoms with Crippen LogP contribution in [0.2, 0.25) is 0 Å². The molecular formula is C21H31N3O4. The number of nitrogens with zero attached hydrogens (tertiary/aromatic N) is 3. The van der Waals surface area contributed by atoms with E-state index in [9.17, 15) is 19.5 Å². The largest absolute Gasteiger partial charge is 0.480 e. The van der Waals surface area contributed by atoms with Crippen LogP contribution >= 0.6 is 0 Å². The van der Waals surface area contributed by atoms with Gasteiger partial charge in [-0.3, -0.25) is 4.79 Å². The molecule has 1 saturated heterocycles. The van der Waals surface area contributed by atoms with Gasteiger partial charge in [0.25, 0.3) is 0 Å². The Hall–Kier alpha value is -2.44. The quantitative estimate of drug-likeness (QED) is 0.722. The number of hydrogen-bond acceptors (Lipinski definition) is 4. The van der Waals surface area contributed by atoms with Gasteiger partial charge in [0, 0.05) is 20.0 Å². The second kappa shape index (κ2) is 7.89. The number of carbonyl (C=O) groups excluding carboxylic acids is 2. The van der Waals surface area contributed by atoms with E-state index in [0.29, 0.717) is 30.9 Å². The molecule has 2 heterocycles. The van der Waals surface area contributed by atoms with Gasteiger partial charge >= 0.3 is 12.0 Å². The van der Waals surface area contributed by atoms with Crippen molar-refractivity contribution in [3.8, 4) is 0 Å². The molecule has 1 N–H and O–H groups in total. The molecule has 1 atom stereocenters. The summed E-state index contributed by atoms with van der Waals surface area (Å²) < 4.78 is 0. The fourth-order valence-corrected chi connectivity index (χ4v) is 4.30. The molecule has 0 bridgehead atoms. The summed E-state index contributed by atoms with van der Waals surface area (Å²) in [5.41, 5.74) is 0.332. The van der Waals surface area contributed by atoms with E-state index in [1.165, 1.54) is 11.8 Å². The number of carbonyl (C=O) groups is 3. The van der Waals surface area contributed by atoms with Crippen LogP contribution in [0, 0.1) is 10.8 Å². The van der Waals surface area contributed by atoms with E-state index >= 15 is 0 Å². The summed E-state index contributed by atoms with van der Waals surface area (Å²) >= 11 is 0. The monoisotopic (exact) mass is 389 g/mol. The maximum Gasteiger partial charge on any atom is 0.327 e. The van der Waals surface area contributed by atoms with Crippen LogP contribution in [0.1, 0.15) is 64.1 Å². The Morgan fingerprint density at radius 1 is 1.18 bits per heavy atom. The molecule has 28 heavy (non-hydrogen) atoms. The zero-order chi connectivity index (χ0) is 21.3. The van der Waals surface area contributed by atoms with Gasteiger partial charge in [-0.2, -0.15) is 0 Å². The summed E-state index contributed by atoms with van der Waals surface area (Å²) in [5.74, 6) is -1.12. The van der Waals surface area contributed by atoms with E-state index < -0.39 is 17.4 Å². The van der Waals surface area contributed by atoms with Crippen molar-refractivity contribution in [1.29, 1.82) is 0 Å². The maximum absolute atomic E-state index is 13.0. The fraction of sp³-hybridized carbons (Fsp3) is 0.619. The summed E-state index contributed by atoms with van der Waals surface area (Å²) in [7, 11) is 0. The van der Waals surface area contributed by atoms with Crippen molar-refractivity contribution in [1.82, 2.24) is 14.8 Å². The average Bonchev–Trinajstić information content (AvgIpc) is 2.86. The van der Waals surface area contributed by atoms with Crippen LogP contribution < -0.4 is 0 Å². The zero-order valence-electron chi connectivity index (χ0n) is 17.7. The van der Waals surface area contributed by atoms with Crippen LogP contribution in [0.25, 0.3) is 0 Å². The lowest BCUT2D eigenvalue weighted by molar-refractivity contribution is -0.147. The molecular weight excluding hydrogens is 358 g/mol. The lowest BCUT2D eigenvalue weighted by atomic mass is 9.71. The SMILES string of the molecule is CC(=O)c1cccc(CN2CCN([C@H](C(=O)O)C(C)(C)CC(C)(C)C)C2=O)n1. The Labute approximate surface area is 166 Å². The van der Waals surface area contributed by atoms with Gasteiger partial charge in [-0.25, -0.2) is 14.6 Å². The predicted molar refractivity (Wildman–Crippen MR) is 106 cm³/mol. The Morgan fingerprint density at radius 3 is 2.36 bits per heavy atom. The van der Waals surface area contributed by atoms with Crippen molar-refractivity contribution in [2.45, 2.75) is 60.5 Å². The Bertz CT molecular complexity index is 767. The van der Waals surface area contributed by atoms with E-state index in [0.717, 1.165) is 0 Å². The smallest absolute Gasteiger partial charge is 0.327 e. The highest BCUT2D eigenvalue weighted by atomic mass is 16.4. The standard InChI is InChI=1S/C21H31N3O4/c1-14(25)16-9-7-8-15(22-16)12-23-10-11-24(19(23)28)17(18(26)27)21(5,6)13-20(2,3)4/h7-9,17H,10-13H2,1-6H3,(H,26,27)/t17-/m1/s1. The zero-order valence-corrected chi connectivity index (χ0v) is 17.7. The van der Waals surface area contributed by atoms with Crippen LogP contribution in [-0.4, -0.2) is 56.8 Å². The summed E-state index contributed by atoms with van der Waals surface area (Å²) in [6, 6.07) is 3.94. The van der Waals surface area contributed by atoms with Crippen LogP contribution in [0.3, 0.4) is 0 Å². The first-order valence-electron chi connectivity index (χ1n) is 9.57. The molecule has 0 radical (unpaired) electrons. The van der Waals surface area contributed by atoms with Gasteiger partial charge in [0.05, 0.1) is 12.2 Å². The Kier molecular flexibility index (Phi) is 6.16. The summed E-state index contributed by atoms with van der Waals surface area (Å²) in [6.07, 6.45) is 0.670. The van der Waals surface area contributed by atoms with E-state index in [4.69, 9.17) is 0 Å². The molecule has 0 aliphatic carbocycles. The number of ketones is 1. The highest BCUT2D eigenvalue weighted by Crippen LogP contribution is 2.39. The second-order valence-corrected chi connectivity index (χ2v) is 9.43. The number of carboxylic acids is 1. The molecule has 2 rings (SSSR count). The molecule has 0 spiro atoms. The Balaban J connectivity index is 2.20. The molecule has 1 aromatic heterocycles. The summed E-state index contributed by atoms with van der Waals surface area (Å²) in [5, 5.41) is 9.90. The average molecular weight is 389 g/mol. The van der Waals surface area contributed by atoms with E-state index in [2.05, 4.69) is 25.8 Å². The van der Waals surface area contributed by atoms with Gasteiger partial charge in [0.2, 0.25) is 0 Å². The molecule has 154 valence electrons. The van der Waals surface area contributed by atoms with Crippen molar-refractivity contribution < 1.29 is 19.5 Å². The number of urea groups is 1. The van der Waals surface area contributed by atoms with Crippen LogP contribution in [0.5, 0.6) is 0 Å². The number of hydrogen-bond donors (Lipinski definition) is 1. The highest BCUT2D eigenvalue weighted by Gasteiger charge is 2.46. The molecule has 1 aliphatic heterocycles. The van der Waals surface area contributed by atoms with E-state index in [-0.39, 0.29) is 23.8 Å². The second-order valence-electron chi connectivity index (χ2n) is 9.43. The van der Waals surface area contributed by atoms with Gasteiger partial charge in [0.15, 0.2) is 5.78 Å². The number of aromatic nitrogens is 1. The van der Waals surface area contributed by atoms with Crippen LogP contribution in [-0.2, 0) is 11.3 Å². The molecule has 1 aromatic rings. The third-order valence-electron chi connectivity index (χ3n) is 4.92. The number of aliphatic carboxylic acids is 1. The van der Waals surface area contributed by atoms with Crippen molar-refractivity contribution in [3.05, 3.63) is 29.6 Å². The normalized spacial score (nSPS) is 16.4. The molecule has 0 aromatic carbocycles. The third kappa shape index (κ3) is 5.09. The summed E-state index contributed by atoms with van der Waals surface area (Å²) in [6.45, 7) is 12.5. The van der Waals surface area contributed by atoms with Gasteiger partial charge in [-0.15, -0.1) is 0 Å². The van der Waals surface area contributed by atoms with Crippen molar-refractivity contribution in [3.63, 3.8) is 0 Å². The minimum Gasteiger partial charge on any atom is -0.480 e. The van der Waals surface area contributed by atoms with Crippen molar-refractivity contribution in [2.75, 3.05) is 13.1 Å². The van der Waals surface area contributed by atoms with Crippen LogP contribution in [0.4, 0.5) is 4.79 Å². The van der Waals surface area contributed by atoms with Gasteiger partial charge in [0.1, 0.15) is 11.7 Å². The lowest BCUT2D eigenvalue weighted by Gasteiger charge is -2.40. The molecule has 0 unspecified atom stereocenters. The van der Waals surface area contributed by atoms with Crippen molar-refractivity contribution in [2.24, 2.45) is 10.8 Å². The van der Waals surface area contributed by atoms with Crippen LogP contribution in [0.15, 0.2) is 18.2 Å². The number of Topliss-reactive ketones (excluding diaryl/α,β-unsaturated/α-hetero) is 1. The summed E-state index contributed by atoms with van der Waals surface area (Å²) in [4.78, 5) is 43.9. The first-order valence-corrected chi connectivity index (χ1v) is 9.57. The van der Waals surface area contributed by atoms with Gasteiger partial charge in [-0.05, 0) is 29.4 Å². The molecule has 7 nitrogen and oxygen atoms in total. The maximum atomic E-state index is 13.0. The van der Waals surface area contributed by atoms with E-state index in [1.54, 1.807) is 23.1 Å². The first-order chi connectivity index (χ1) is 12.8. The molecule has 7 heteroatoms. The van der Waals surface area contributed by atoms with Gasteiger partial charge < -0.3 is 14.9 Å². The topological polar surface area (TPSA) is 90.8 Å². The Morgan fingerprint density at radius 2 is 1.82 bits per heavy atom. The first kappa shape index (κ1) is 21.9. The lowest BCUT2D eigenvalue weighted by Crippen LogP contribution is -2.52. The number of pyridine rings is 1. The molecule has 1 fully saturated rings. The number of rotatable bonds is 7. The minimum absolute atomic E-state index is 0.0588. The van der Waals surface area contributed by atoms with E-state index in [1.807, 2.05) is 13.8 Å². The van der Waals surface area contributed by atoms with Gasteiger partial charge in [-0.1, -0.05) is 40.7 Å². The minimum atomic E-state index is -0.985. The number of carboxylic acid groups (broad SMARTS) is 1. The fourth-order valence-electron chi connectivity index (χ4n) is 4.30. The highest BCUT2D eigenvalue weighted by molar-refractivity contribution is 5.92. The molecule has 0 saturated carbocycles. The molecule has 2 amide bonds.